The summed E-state index contributed by atoms with van der Waals surface area (Å²) < 4.78 is 0. The Balaban J connectivity index is 3.01. The van der Waals surface area contributed by atoms with E-state index in [1.165, 1.54) is 57.8 Å². The number of hydrogen-bond donors (Lipinski definition) is 0. The molecule has 0 saturated heterocycles. The van der Waals surface area contributed by atoms with E-state index in [1.54, 1.807) is 0 Å². The lowest BCUT2D eigenvalue weighted by molar-refractivity contribution is 0.577. The third-order valence-corrected chi connectivity index (χ3v) is 4.40. The summed E-state index contributed by atoms with van der Waals surface area (Å²) >= 11 is 11.5. The molecule has 96 valence electrons. The largest absolute Gasteiger partial charge is 0.240 e. The van der Waals surface area contributed by atoms with Crippen LogP contribution in [0, 0.1) is 0 Å². The standard InChI is InChI=1S/C13H26Cl2Si/c1-2-3-4-5-6-7-8-9-10-11-12-13-16(14)15/h11-12,16H,2-10,13H2,1H3. The summed E-state index contributed by atoms with van der Waals surface area (Å²) in [5.41, 5.74) is 0. The summed E-state index contributed by atoms with van der Waals surface area (Å²) in [4.78, 5) is 0. The van der Waals surface area contributed by atoms with Gasteiger partial charge in [-0.1, -0.05) is 64.0 Å². The first-order valence-corrected chi connectivity index (χ1v) is 11.0. The lowest BCUT2D eigenvalue weighted by Crippen LogP contribution is -1.86. The van der Waals surface area contributed by atoms with Gasteiger partial charge in [-0.25, -0.2) is 0 Å². The van der Waals surface area contributed by atoms with E-state index in [4.69, 9.17) is 22.2 Å². The van der Waals surface area contributed by atoms with Crippen molar-refractivity contribution in [2.45, 2.75) is 70.8 Å². The van der Waals surface area contributed by atoms with Gasteiger partial charge in [0, 0.05) is 0 Å². The highest BCUT2D eigenvalue weighted by molar-refractivity contribution is 7.33. The Bertz CT molecular complexity index is 158. The highest BCUT2D eigenvalue weighted by Crippen LogP contribution is 2.10. The molecule has 0 N–H and O–H groups in total. The van der Waals surface area contributed by atoms with Crippen LogP contribution < -0.4 is 0 Å². The number of unbranched alkanes of at least 4 members (excludes halogenated alkanes) is 8. The first-order chi connectivity index (χ1) is 7.77. The molecule has 0 atom stereocenters. The summed E-state index contributed by atoms with van der Waals surface area (Å²) in [5, 5.41) is 0. The summed E-state index contributed by atoms with van der Waals surface area (Å²) in [5.74, 6) is 0. The lowest BCUT2D eigenvalue weighted by Gasteiger charge is -1.99. The predicted molar refractivity (Wildman–Crippen MR) is 80.0 cm³/mol. The Hall–Kier alpha value is 0.537. The molecular weight excluding hydrogens is 255 g/mol. The van der Waals surface area contributed by atoms with Crippen molar-refractivity contribution >= 4 is 29.6 Å². The van der Waals surface area contributed by atoms with Gasteiger partial charge in [0.05, 0.1) is 0 Å². The van der Waals surface area contributed by atoms with E-state index in [1.807, 2.05) is 0 Å². The van der Waals surface area contributed by atoms with Crippen molar-refractivity contribution in [3.63, 3.8) is 0 Å². The third kappa shape index (κ3) is 14.5. The zero-order valence-corrected chi connectivity index (χ0v) is 13.2. The average Bonchev–Trinajstić information content (AvgIpc) is 2.25. The molecular formula is C13H26Cl2Si. The fraction of sp³-hybridized carbons (Fsp3) is 0.846. The minimum Gasteiger partial charge on any atom is -0.150 e. The van der Waals surface area contributed by atoms with Crippen LogP contribution in [0.2, 0.25) is 6.04 Å². The number of allylic oxidation sites excluding steroid dienone is 2. The maximum atomic E-state index is 5.75. The molecule has 0 amide bonds. The van der Waals surface area contributed by atoms with Crippen LogP contribution in [0.25, 0.3) is 0 Å². The summed E-state index contributed by atoms with van der Waals surface area (Å²) in [7, 11) is -1.39. The molecule has 0 spiro atoms. The van der Waals surface area contributed by atoms with Crippen LogP contribution in [0.1, 0.15) is 64.7 Å². The molecule has 0 saturated carbocycles. The van der Waals surface area contributed by atoms with Gasteiger partial charge in [0.25, 0.3) is 0 Å². The minimum atomic E-state index is -1.39. The van der Waals surface area contributed by atoms with Crippen molar-refractivity contribution < 1.29 is 0 Å². The second-order valence-electron chi connectivity index (χ2n) is 4.36. The van der Waals surface area contributed by atoms with Gasteiger partial charge in [0.1, 0.15) is 0 Å². The summed E-state index contributed by atoms with van der Waals surface area (Å²) in [6.45, 7) is 2.27. The zero-order valence-electron chi connectivity index (χ0n) is 10.6. The van der Waals surface area contributed by atoms with Crippen molar-refractivity contribution in [2.24, 2.45) is 0 Å². The van der Waals surface area contributed by atoms with Gasteiger partial charge in [0.2, 0.25) is 7.42 Å². The topological polar surface area (TPSA) is 0 Å². The summed E-state index contributed by atoms with van der Waals surface area (Å²) in [6.07, 6.45) is 16.7. The van der Waals surface area contributed by atoms with Gasteiger partial charge < -0.3 is 0 Å². The molecule has 0 radical (unpaired) electrons. The number of rotatable bonds is 11. The molecule has 0 heterocycles. The van der Waals surface area contributed by atoms with E-state index in [0.29, 0.717) is 0 Å². The smallest absolute Gasteiger partial charge is 0.150 e. The normalized spacial score (nSPS) is 11.8. The molecule has 0 aliphatic carbocycles. The molecule has 0 aromatic heterocycles. The van der Waals surface area contributed by atoms with Crippen LogP contribution in [0.5, 0.6) is 0 Å². The molecule has 0 aliphatic heterocycles. The van der Waals surface area contributed by atoms with Crippen molar-refractivity contribution in [3.05, 3.63) is 12.2 Å². The first-order valence-electron chi connectivity index (χ1n) is 6.70. The molecule has 0 aromatic rings. The van der Waals surface area contributed by atoms with Gasteiger partial charge >= 0.3 is 0 Å². The van der Waals surface area contributed by atoms with Crippen LogP contribution in [-0.2, 0) is 0 Å². The number of hydrogen-bond acceptors (Lipinski definition) is 0. The monoisotopic (exact) mass is 280 g/mol. The number of halogens is 2. The Morgan fingerprint density at radius 1 is 0.812 bits per heavy atom. The first kappa shape index (κ1) is 16.5. The van der Waals surface area contributed by atoms with Gasteiger partial charge in [-0.3, -0.25) is 0 Å². The Labute approximate surface area is 112 Å². The Kier molecular flexibility index (Phi) is 14.1. The molecule has 0 aliphatic rings. The predicted octanol–water partition coefficient (Wildman–Crippen LogP) is 5.77. The maximum absolute atomic E-state index is 5.75. The maximum Gasteiger partial charge on any atom is 0.240 e. The minimum absolute atomic E-state index is 0.917. The Morgan fingerprint density at radius 2 is 1.38 bits per heavy atom. The molecule has 0 fully saturated rings. The highest BCUT2D eigenvalue weighted by atomic mass is 35.7. The van der Waals surface area contributed by atoms with E-state index in [2.05, 4.69) is 19.1 Å². The van der Waals surface area contributed by atoms with E-state index in [-0.39, 0.29) is 0 Å². The van der Waals surface area contributed by atoms with Crippen molar-refractivity contribution in [1.82, 2.24) is 0 Å². The van der Waals surface area contributed by atoms with E-state index in [9.17, 15) is 0 Å². The van der Waals surface area contributed by atoms with Crippen molar-refractivity contribution in [3.8, 4) is 0 Å². The second kappa shape index (κ2) is 13.6. The third-order valence-electron chi connectivity index (χ3n) is 2.71. The highest BCUT2D eigenvalue weighted by Gasteiger charge is 1.95. The second-order valence-corrected chi connectivity index (χ2v) is 9.45. The van der Waals surface area contributed by atoms with Gasteiger partial charge in [0.15, 0.2) is 0 Å². The molecule has 16 heavy (non-hydrogen) atoms. The van der Waals surface area contributed by atoms with Crippen molar-refractivity contribution in [1.29, 1.82) is 0 Å². The fourth-order valence-corrected chi connectivity index (χ4v) is 2.73. The summed E-state index contributed by atoms with van der Waals surface area (Å²) in [6, 6.07) is 0.917. The van der Waals surface area contributed by atoms with Gasteiger partial charge in [-0.2, -0.15) is 22.2 Å². The lowest BCUT2D eigenvalue weighted by atomic mass is 10.1. The molecule has 0 bridgehead atoms. The van der Waals surface area contributed by atoms with Crippen LogP contribution in [-0.4, -0.2) is 7.42 Å². The zero-order chi connectivity index (χ0) is 12.1. The SMILES string of the molecule is CCCCCCCCCCC=CC[SiH](Cl)Cl. The van der Waals surface area contributed by atoms with E-state index in [0.717, 1.165) is 6.04 Å². The van der Waals surface area contributed by atoms with E-state index >= 15 is 0 Å². The molecule has 3 heteroatoms. The molecule has 0 unspecified atom stereocenters. The van der Waals surface area contributed by atoms with Gasteiger partial charge in [-0.05, 0) is 18.9 Å². The Morgan fingerprint density at radius 3 is 1.94 bits per heavy atom. The quantitative estimate of drug-likeness (QED) is 0.195. The molecule has 0 nitrogen and oxygen atoms in total. The molecule has 0 rings (SSSR count). The average molecular weight is 281 g/mol. The molecule has 0 aromatic carbocycles. The van der Waals surface area contributed by atoms with Crippen LogP contribution in [0.15, 0.2) is 12.2 Å². The van der Waals surface area contributed by atoms with Gasteiger partial charge in [-0.15, -0.1) is 0 Å². The van der Waals surface area contributed by atoms with Crippen LogP contribution >= 0.6 is 22.2 Å². The van der Waals surface area contributed by atoms with E-state index < -0.39 is 7.42 Å². The van der Waals surface area contributed by atoms with Crippen LogP contribution in [0.4, 0.5) is 0 Å². The van der Waals surface area contributed by atoms with Crippen molar-refractivity contribution in [2.75, 3.05) is 0 Å². The fourth-order valence-electron chi connectivity index (χ4n) is 1.71. The van der Waals surface area contributed by atoms with Crippen LogP contribution in [0.3, 0.4) is 0 Å².